The van der Waals surface area contributed by atoms with Crippen molar-refractivity contribution in [2.45, 2.75) is 63.4 Å². The van der Waals surface area contributed by atoms with E-state index in [4.69, 9.17) is 4.18 Å². The predicted octanol–water partition coefficient (Wildman–Crippen LogP) is 7.74. The number of rotatable bonds is 4. The highest BCUT2D eigenvalue weighted by atomic mass is 32.2. The second kappa shape index (κ2) is 8.77. The number of halogens is 3. The summed E-state index contributed by atoms with van der Waals surface area (Å²) in [6.07, 6.45) is -4.62. The van der Waals surface area contributed by atoms with Crippen LogP contribution in [0.1, 0.15) is 58.2 Å². The van der Waals surface area contributed by atoms with E-state index in [-0.39, 0.29) is 27.0 Å². The average Bonchev–Trinajstić information content (AvgIpc) is 2.71. The molecule has 7 heteroatoms. The normalized spacial score (nSPS) is 13.1. The first-order valence-corrected chi connectivity index (χ1v) is 12.3. The Balaban J connectivity index is 2.08. The van der Waals surface area contributed by atoms with E-state index in [0.29, 0.717) is 5.56 Å². The van der Waals surface area contributed by atoms with Crippen LogP contribution in [0.25, 0.3) is 11.1 Å². The van der Waals surface area contributed by atoms with Gasteiger partial charge in [-0.2, -0.15) is 21.6 Å². The first-order chi connectivity index (χ1) is 15.5. The molecule has 182 valence electrons. The van der Waals surface area contributed by atoms with Crippen molar-refractivity contribution in [2.75, 3.05) is 0 Å². The summed E-state index contributed by atoms with van der Waals surface area (Å²) in [6, 6.07) is 16.0. The van der Waals surface area contributed by atoms with E-state index in [0.717, 1.165) is 29.3 Å². The minimum atomic E-state index is -4.62. The molecular weight excluding hydrogens is 461 g/mol. The SMILES string of the molecule is CC(C)(C)c1ccc(OS(=O)(=O)c2ccc(C(F)(F)F)cc2-c2ccc(C(C)(C)C)cc2)cc1. The minimum absolute atomic E-state index is 0.0680. The van der Waals surface area contributed by atoms with Gasteiger partial charge in [-0.1, -0.05) is 77.9 Å². The highest BCUT2D eigenvalue weighted by molar-refractivity contribution is 7.87. The summed E-state index contributed by atoms with van der Waals surface area (Å²) in [6.45, 7) is 12.1. The summed E-state index contributed by atoms with van der Waals surface area (Å²) < 4.78 is 71.9. The molecule has 0 aliphatic heterocycles. The third-order valence-electron chi connectivity index (χ3n) is 5.56. The molecule has 0 fully saturated rings. The topological polar surface area (TPSA) is 43.4 Å². The number of alkyl halides is 3. The van der Waals surface area contributed by atoms with Gasteiger partial charge in [-0.05, 0) is 57.9 Å². The van der Waals surface area contributed by atoms with Gasteiger partial charge in [0.05, 0.1) is 5.56 Å². The van der Waals surface area contributed by atoms with Crippen molar-refractivity contribution >= 4 is 10.1 Å². The summed E-state index contributed by atoms with van der Waals surface area (Å²) in [7, 11) is -4.41. The van der Waals surface area contributed by atoms with Crippen LogP contribution >= 0.6 is 0 Å². The number of hydrogen-bond acceptors (Lipinski definition) is 3. The van der Waals surface area contributed by atoms with Crippen molar-refractivity contribution in [2.24, 2.45) is 0 Å². The van der Waals surface area contributed by atoms with Crippen molar-refractivity contribution < 1.29 is 25.8 Å². The van der Waals surface area contributed by atoms with Gasteiger partial charge in [0.15, 0.2) is 0 Å². The van der Waals surface area contributed by atoms with Gasteiger partial charge in [-0.15, -0.1) is 0 Å². The fourth-order valence-electron chi connectivity index (χ4n) is 3.48. The quantitative estimate of drug-likeness (QED) is 0.351. The Morgan fingerprint density at radius 1 is 0.647 bits per heavy atom. The lowest BCUT2D eigenvalue weighted by Crippen LogP contribution is -2.14. The molecule has 0 atom stereocenters. The van der Waals surface area contributed by atoms with Gasteiger partial charge in [-0.25, -0.2) is 0 Å². The molecule has 0 aliphatic rings. The molecule has 3 nitrogen and oxygen atoms in total. The average molecular weight is 491 g/mol. The molecule has 0 saturated carbocycles. The van der Waals surface area contributed by atoms with Crippen LogP contribution in [0.3, 0.4) is 0 Å². The van der Waals surface area contributed by atoms with Gasteiger partial charge in [0.2, 0.25) is 0 Å². The second-order valence-corrected chi connectivity index (χ2v) is 11.9. The molecule has 34 heavy (non-hydrogen) atoms. The number of benzene rings is 3. The Kier molecular flexibility index (Phi) is 6.66. The molecular formula is C27H29F3O3S. The molecule has 3 aromatic carbocycles. The minimum Gasteiger partial charge on any atom is -0.379 e. The smallest absolute Gasteiger partial charge is 0.379 e. The van der Waals surface area contributed by atoms with Gasteiger partial charge >= 0.3 is 16.3 Å². The molecule has 3 rings (SSSR count). The van der Waals surface area contributed by atoms with Crippen LogP contribution < -0.4 is 4.18 Å². The molecule has 0 radical (unpaired) electrons. The Hall–Kier alpha value is -2.80. The van der Waals surface area contributed by atoms with Crippen LogP contribution in [0.15, 0.2) is 71.6 Å². The van der Waals surface area contributed by atoms with Crippen LogP contribution in [-0.2, 0) is 27.1 Å². The van der Waals surface area contributed by atoms with E-state index in [2.05, 4.69) is 0 Å². The Bertz CT molecular complexity index is 1260. The van der Waals surface area contributed by atoms with Gasteiger partial charge in [-0.3, -0.25) is 0 Å². The lowest BCUT2D eigenvalue weighted by atomic mass is 9.86. The lowest BCUT2D eigenvalue weighted by molar-refractivity contribution is -0.137. The predicted molar refractivity (Wildman–Crippen MR) is 129 cm³/mol. The highest BCUT2D eigenvalue weighted by Gasteiger charge is 2.33. The van der Waals surface area contributed by atoms with E-state index in [1.54, 1.807) is 48.5 Å². The van der Waals surface area contributed by atoms with Crippen LogP contribution in [0.2, 0.25) is 0 Å². The zero-order valence-electron chi connectivity index (χ0n) is 20.1. The van der Waals surface area contributed by atoms with Gasteiger partial charge in [0.25, 0.3) is 0 Å². The van der Waals surface area contributed by atoms with Crippen molar-refractivity contribution in [3.05, 3.63) is 83.4 Å². The summed E-state index contributed by atoms with van der Waals surface area (Å²) in [5.74, 6) is 0.0851. The van der Waals surface area contributed by atoms with Crippen LogP contribution in [0, 0.1) is 0 Å². The molecule has 0 aliphatic carbocycles. The zero-order chi connectivity index (χ0) is 25.5. The molecule has 0 amide bonds. The van der Waals surface area contributed by atoms with Crippen molar-refractivity contribution in [3.8, 4) is 16.9 Å². The molecule has 0 bridgehead atoms. The molecule has 0 aromatic heterocycles. The summed E-state index contributed by atoms with van der Waals surface area (Å²) in [5.41, 5.74) is 1.02. The summed E-state index contributed by atoms with van der Waals surface area (Å²) >= 11 is 0. The Labute approximate surface area is 199 Å². The molecule has 0 unspecified atom stereocenters. The van der Waals surface area contributed by atoms with Crippen molar-refractivity contribution in [1.82, 2.24) is 0 Å². The van der Waals surface area contributed by atoms with E-state index in [1.807, 2.05) is 41.5 Å². The Morgan fingerprint density at radius 2 is 1.09 bits per heavy atom. The summed E-state index contributed by atoms with van der Waals surface area (Å²) in [4.78, 5) is -0.330. The maximum Gasteiger partial charge on any atom is 0.416 e. The van der Waals surface area contributed by atoms with Gasteiger partial charge in [0.1, 0.15) is 10.6 Å². The molecule has 0 N–H and O–H groups in total. The van der Waals surface area contributed by atoms with Gasteiger partial charge in [0, 0.05) is 5.56 Å². The maximum absolute atomic E-state index is 13.4. The lowest BCUT2D eigenvalue weighted by Gasteiger charge is -2.20. The highest BCUT2D eigenvalue weighted by Crippen LogP contribution is 2.37. The van der Waals surface area contributed by atoms with E-state index in [1.165, 1.54) is 0 Å². The maximum atomic E-state index is 13.4. The fraction of sp³-hybridized carbons (Fsp3) is 0.333. The van der Waals surface area contributed by atoms with Crippen molar-refractivity contribution in [3.63, 3.8) is 0 Å². The third-order valence-corrected chi connectivity index (χ3v) is 6.87. The second-order valence-electron chi connectivity index (χ2n) is 10.3. The molecule has 0 saturated heterocycles. The molecule has 0 spiro atoms. The zero-order valence-corrected chi connectivity index (χ0v) is 20.9. The first-order valence-electron chi connectivity index (χ1n) is 10.9. The molecule has 3 aromatic rings. The van der Waals surface area contributed by atoms with Crippen LogP contribution in [-0.4, -0.2) is 8.42 Å². The van der Waals surface area contributed by atoms with Crippen molar-refractivity contribution in [1.29, 1.82) is 0 Å². The monoisotopic (exact) mass is 490 g/mol. The third kappa shape index (κ3) is 5.81. The first kappa shape index (κ1) is 25.8. The van der Waals surface area contributed by atoms with E-state index >= 15 is 0 Å². The largest absolute Gasteiger partial charge is 0.416 e. The number of hydrogen-bond donors (Lipinski definition) is 0. The Morgan fingerprint density at radius 3 is 1.53 bits per heavy atom. The van der Waals surface area contributed by atoms with Crippen LogP contribution in [0.4, 0.5) is 13.2 Å². The van der Waals surface area contributed by atoms with Crippen LogP contribution in [0.5, 0.6) is 5.75 Å². The molecule has 0 heterocycles. The van der Waals surface area contributed by atoms with E-state index < -0.39 is 21.9 Å². The summed E-state index contributed by atoms with van der Waals surface area (Å²) in [5, 5.41) is 0. The fourth-order valence-corrected chi connectivity index (χ4v) is 4.62. The van der Waals surface area contributed by atoms with Gasteiger partial charge < -0.3 is 4.18 Å². The standard InChI is InChI=1S/C27H29F3O3S/c1-25(2,3)19-9-7-18(8-10-19)23-17-21(27(28,29)30)13-16-24(23)34(31,32)33-22-14-11-20(12-15-22)26(4,5)6/h7-17H,1-6H3. The van der Waals surface area contributed by atoms with E-state index in [9.17, 15) is 21.6 Å².